The van der Waals surface area contributed by atoms with Crippen molar-refractivity contribution in [3.05, 3.63) is 0 Å². The molecule has 2 rings (SSSR count). The van der Waals surface area contributed by atoms with Crippen LogP contribution in [0.25, 0.3) is 0 Å². The van der Waals surface area contributed by atoms with Crippen LogP contribution in [0.2, 0.25) is 0 Å². The number of ether oxygens (including phenoxy) is 1. The molecular weight excluding hydrogens is 244 g/mol. The molecule has 5 nitrogen and oxygen atoms in total. The van der Waals surface area contributed by atoms with Crippen LogP contribution in [-0.4, -0.2) is 50.0 Å². The molecule has 2 aliphatic rings. The van der Waals surface area contributed by atoms with Gasteiger partial charge in [0.25, 0.3) is 0 Å². The fourth-order valence-corrected chi connectivity index (χ4v) is 3.08. The number of carbonyl (C=O) groups excluding carboxylic acids is 1. The maximum Gasteiger partial charge on any atom is 0.234 e. The van der Waals surface area contributed by atoms with Crippen molar-refractivity contribution in [2.24, 2.45) is 5.41 Å². The summed E-state index contributed by atoms with van der Waals surface area (Å²) in [5, 5.41) is 15.7. The highest BCUT2D eigenvalue weighted by atomic mass is 16.5. The summed E-state index contributed by atoms with van der Waals surface area (Å²) in [5.41, 5.74) is 0.0129. The molecule has 0 unspecified atom stereocenters. The first-order valence-corrected chi connectivity index (χ1v) is 7.43. The minimum Gasteiger partial charge on any atom is -0.396 e. The van der Waals surface area contributed by atoms with Gasteiger partial charge in [0.15, 0.2) is 0 Å². The van der Waals surface area contributed by atoms with Crippen molar-refractivity contribution >= 4 is 5.91 Å². The third-order valence-electron chi connectivity index (χ3n) is 4.37. The summed E-state index contributed by atoms with van der Waals surface area (Å²) in [7, 11) is 0. The van der Waals surface area contributed by atoms with Crippen LogP contribution in [0.5, 0.6) is 0 Å². The highest BCUT2D eigenvalue weighted by Crippen LogP contribution is 2.36. The summed E-state index contributed by atoms with van der Waals surface area (Å²) < 4.78 is 5.26. The number of aliphatic hydroxyl groups is 1. The first-order chi connectivity index (χ1) is 9.24. The van der Waals surface area contributed by atoms with Crippen molar-refractivity contribution in [2.45, 2.75) is 44.6 Å². The molecule has 1 heterocycles. The number of carbonyl (C=O) groups is 1. The van der Waals surface area contributed by atoms with Crippen molar-refractivity contribution in [3.8, 4) is 0 Å². The predicted molar refractivity (Wildman–Crippen MR) is 72.8 cm³/mol. The summed E-state index contributed by atoms with van der Waals surface area (Å²) >= 11 is 0. The second kappa shape index (κ2) is 7.22. The smallest absolute Gasteiger partial charge is 0.234 e. The van der Waals surface area contributed by atoms with E-state index in [0.717, 1.165) is 45.4 Å². The molecule has 0 aromatic heterocycles. The Labute approximate surface area is 115 Å². The van der Waals surface area contributed by atoms with Gasteiger partial charge in [0.1, 0.15) is 0 Å². The zero-order chi connectivity index (χ0) is 13.6. The Morgan fingerprint density at radius 1 is 1.26 bits per heavy atom. The van der Waals surface area contributed by atoms with Gasteiger partial charge in [-0.25, -0.2) is 0 Å². The maximum atomic E-state index is 11.8. The largest absolute Gasteiger partial charge is 0.396 e. The second-order valence-electron chi connectivity index (χ2n) is 5.92. The normalized spacial score (nSPS) is 23.4. The van der Waals surface area contributed by atoms with Crippen molar-refractivity contribution in [2.75, 3.05) is 32.9 Å². The van der Waals surface area contributed by atoms with Crippen LogP contribution in [0.3, 0.4) is 0 Å². The van der Waals surface area contributed by atoms with Gasteiger partial charge in [-0.3, -0.25) is 4.79 Å². The summed E-state index contributed by atoms with van der Waals surface area (Å²) in [6, 6.07) is 0.265. The molecular formula is C14H26N2O3. The Morgan fingerprint density at radius 2 is 1.95 bits per heavy atom. The summed E-state index contributed by atoms with van der Waals surface area (Å²) in [4.78, 5) is 11.8. The number of amides is 1. The molecule has 1 aliphatic heterocycles. The molecule has 3 N–H and O–H groups in total. The molecule has 5 heteroatoms. The molecule has 0 spiro atoms. The van der Waals surface area contributed by atoms with Crippen LogP contribution in [-0.2, 0) is 9.53 Å². The van der Waals surface area contributed by atoms with Crippen LogP contribution < -0.4 is 10.6 Å². The zero-order valence-electron chi connectivity index (χ0n) is 11.6. The van der Waals surface area contributed by atoms with Crippen molar-refractivity contribution < 1.29 is 14.6 Å². The Balaban J connectivity index is 1.63. The lowest BCUT2D eigenvalue weighted by atomic mass is 9.87. The van der Waals surface area contributed by atoms with Crippen molar-refractivity contribution in [1.82, 2.24) is 10.6 Å². The van der Waals surface area contributed by atoms with Gasteiger partial charge in [-0.15, -0.1) is 0 Å². The van der Waals surface area contributed by atoms with Gasteiger partial charge in [0.2, 0.25) is 5.91 Å². The third kappa shape index (κ3) is 4.44. The van der Waals surface area contributed by atoms with Crippen LogP contribution in [0, 0.1) is 5.41 Å². The first kappa shape index (κ1) is 14.8. The van der Waals surface area contributed by atoms with Crippen LogP contribution >= 0.6 is 0 Å². The molecule has 1 aliphatic carbocycles. The molecule has 2 fully saturated rings. The Morgan fingerprint density at radius 3 is 2.58 bits per heavy atom. The average Bonchev–Trinajstić information content (AvgIpc) is 2.89. The minimum atomic E-state index is 0.0129. The monoisotopic (exact) mass is 270 g/mol. The lowest BCUT2D eigenvalue weighted by Gasteiger charge is -2.27. The van der Waals surface area contributed by atoms with Gasteiger partial charge in [-0.1, -0.05) is 12.8 Å². The number of hydrogen-bond donors (Lipinski definition) is 3. The van der Waals surface area contributed by atoms with Gasteiger partial charge in [0.05, 0.1) is 6.54 Å². The minimum absolute atomic E-state index is 0.0129. The molecule has 110 valence electrons. The first-order valence-electron chi connectivity index (χ1n) is 7.43. The molecule has 19 heavy (non-hydrogen) atoms. The number of aliphatic hydroxyl groups excluding tert-OH is 1. The van der Waals surface area contributed by atoms with Crippen molar-refractivity contribution in [3.63, 3.8) is 0 Å². The highest BCUT2D eigenvalue weighted by molar-refractivity contribution is 5.78. The lowest BCUT2D eigenvalue weighted by molar-refractivity contribution is -0.121. The topological polar surface area (TPSA) is 70.6 Å². The third-order valence-corrected chi connectivity index (χ3v) is 4.37. The molecule has 0 aromatic rings. The summed E-state index contributed by atoms with van der Waals surface area (Å²) in [6.07, 6.45) is 6.34. The maximum absolute atomic E-state index is 11.8. The molecule has 0 atom stereocenters. The van der Waals surface area contributed by atoms with E-state index in [9.17, 15) is 9.90 Å². The van der Waals surface area contributed by atoms with E-state index in [1.807, 2.05) is 0 Å². The van der Waals surface area contributed by atoms with Crippen LogP contribution in [0.15, 0.2) is 0 Å². The highest BCUT2D eigenvalue weighted by Gasteiger charge is 2.32. The van der Waals surface area contributed by atoms with E-state index >= 15 is 0 Å². The number of hydrogen-bond acceptors (Lipinski definition) is 4. The van der Waals surface area contributed by atoms with Crippen LogP contribution in [0.4, 0.5) is 0 Å². The predicted octanol–water partition coefficient (Wildman–Crippen LogP) is 0.424. The molecule has 0 radical (unpaired) electrons. The SMILES string of the molecule is O=C(CNCC1(CO)CCCC1)NC1CCOCC1. The summed E-state index contributed by atoms with van der Waals surface area (Å²) in [5.74, 6) is 0.0537. The molecule has 1 saturated carbocycles. The lowest BCUT2D eigenvalue weighted by Crippen LogP contribution is -2.45. The standard InChI is InChI=1S/C14H26N2O3/c17-11-14(5-1-2-6-14)10-15-9-13(18)16-12-3-7-19-8-4-12/h12,15,17H,1-11H2,(H,16,18). The van der Waals surface area contributed by atoms with E-state index in [2.05, 4.69) is 10.6 Å². The number of nitrogens with one attached hydrogen (secondary N) is 2. The molecule has 1 saturated heterocycles. The van der Waals surface area contributed by atoms with Gasteiger partial charge in [0, 0.05) is 37.8 Å². The Kier molecular flexibility index (Phi) is 5.60. The fourth-order valence-electron chi connectivity index (χ4n) is 3.08. The van der Waals surface area contributed by atoms with E-state index in [-0.39, 0.29) is 24.0 Å². The summed E-state index contributed by atoms with van der Waals surface area (Å²) in [6.45, 7) is 2.80. The van der Waals surface area contributed by atoms with E-state index < -0.39 is 0 Å². The molecule has 0 aromatic carbocycles. The number of rotatable bonds is 6. The van der Waals surface area contributed by atoms with E-state index in [1.54, 1.807) is 0 Å². The van der Waals surface area contributed by atoms with Gasteiger partial charge >= 0.3 is 0 Å². The van der Waals surface area contributed by atoms with Crippen molar-refractivity contribution in [1.29, 1.82) is 0 Å². The van der Waals surface area contributed by atoms with Crippen LogP contribution in [0.1, 0.15) is 38.5 Å². The van der Waals surface area contributed by atoms with E-state index in [0.29, 0.717) is 6.54 Å². The fraction of sp³-hybridized carbons (Fsp3) is 0.929. The average molecular weight is 270 g/mol. The van der Waals surface area contributed by atoms with E-state index in [4.69, 9.17) is 4.74 Å². The zero-order valence-corrected chi connectivity index (χ0v) is 11.6. The Bertz CT molecular complexity index is 284. The Hall–Kier alpha value is -0.650. The van der Waals surface area contributed by atoms with E-state index in [1.165, 1.54) is 12.8 Å². The molecule has 0 bridgehead atoms. The second-order valence-corrected chi connectivity index (χ2v) is 5.92. The van der Waals surface area contributed by atoms with Gasteiger partial charge in [-0.2, -0.15) is 0 Å². The molecule has 1 amide bonds. The van der Waals surface area contributed by atoms with Gasteiger partial charge < -0.3 is 20.5 Å². The van der Waals surface area contributed by atoms with Gasteiger partial charge in [-0.05, 0) is 25.7 Å². The quantitative estimate of drug-likeness (QED) is 0.654.